The van der Waals surface area contributed by atoms with Gasteiger partial charge in [0.1, 0.15) is 17.2 Å². The Balaban J connectivity index is 1.81. The predicted octanol–water partition coefficient (Wildman–Crippen LogP) is 2.68. The highest BCUT2D eigenvalue weighted by Crippen LogP contribution is 2.13. The zero-order chi connectivity index (χ0) is 20.0. The molecule has 1 aliphatic rings. The number of nitrogens with zero attached hydrogens (tertiary/aromatic N) is 2. The second kappa shape index (κ2) is 9.01. The van der Waals surface area contributed by atoms with E-state index in [1.165, 1.54) is 6.07 Å². The molecule has 1 atom stereocenters. The van der Waals surface area contributed by atoms with Gasteiger partial charge in [-0.15, -0.1) is 0 Å². The number of aliphatic imine (C=N–C) groups is 1. The minimum absolute atomic E-state index is 0.0286. The second-order valence-electron chi connectivity index (χ2n) is 7.54. The van der Waals surface area contributed by atoms with Crippen LogP contribution in [0.15, 0.2) is 23.2 Å². The van der Waals surface area contributed by atoms with Crippen molar-refractivity contribution < 1.29 is 18.3 Å². The second-order valence-corrected chi connectivity index (χ2v) is 7.54. The number of likely N-dealkylation sites (tertiary alicyclic amines) is 1. The summed E-state index contributed by atoms with van der Waals surface area (Å²) in [6, 6.07) is 3.41. The Morgan fingerprint density at radius 1 is 1.37 bits per heavy atom. The lowest BCUT2D eigenvalue weighted by Gasteiger charge is -2.23. The minimum Gasteiger partial charge on any atom is -0.444 e. The van der Waals surface area contributed by atoms with Crippen LogP contribution in [0.2, 0.25) is 0 Å². The molecule has 0 aliphatic carbocycles. The zero-order valence-electron chi connectivity index (χ0n) is 16.3. The number of amides is 1. The maximum Gasteiger partial charge on any atom is 0.407 e. The summed E-state index contributed by atoms with van der Waals surface area (Å²) >= 11 is 0. The molecule has 1 heterocycles. The molecule has 1 amide bonds. The van der Waals surface area contributed by atoms with Crippen LogP contribution in [0.25, 0.3) is 0 Å². The lowest BCUT2D eigenvalue weighted by atomic mass is 10.1. The molecule has 1 saturated heterocycles. The van der Waals surface area contributed by atoms with E-state index in [0.29, 0.717) is 31.0 Å². The summed E-state index contributed by atoms with van der Waals surface area (Å²) in [4.78, 5) is 18.1. The van der Waals surface area contributed by atoms with Crippen LogP contribution in [-0.2, 0) is 11.2 Å². The van der Waals surface area contributed by atoms with E-state index >= 15 is 0 Å². The highest BCUT2D eigenvalue weighted by atomic mass is 19.1. The Morgan fingerprint density at radius 3 is 2.78 bits per heavy atom. The summed E-state index contributed by atoms with van der Waals surface area (Å²) in [7, 11) is 1.67. The number of ether oxygens (including phenoxy) is 1. The smallest absolute Gasteiger partial charge is 0.407 e. The molecule has 1 aromatic carbocycles. The molecule has 1 fully saturated rings. The summed E-state index contributed by atoms with van der Waals surface area (Å²) in [6.07, 6.45) is 0.688. The van der Waals surface area contributed by atoms with E-state index in [4.69, 9.17) is 4.74 Å². The number of hydrogen-bond donors (Lipinski definition) is 2. The maximum atomic E-state index is 13.7. The zero-order valence-corrected chi connectivity index (χ0v) is 16.3. The van der Waals surface area contributed by atoms with Gasteiger partial charge in [-0.3, -0.25) is 4.99 Å². The first-order valence-electron chi connectivity index (χ1n) is 9.07. The number of rotatable bonds is 4. The van der Waals surface area contributed by atoms with E-state index in [2.05, 4.69) is 15.6 Å². The van der Waals surface area contributed by atoms with Gasteiger partial charge in [-0.1, -0.05) is 0 Å². The summed E-state index contributed by atoms with van der Waals surface area (Å²) in [5.41, 5.74) is -0.213. The standard InChI is InChI=1S/C19H28F2N4O2/c1-19(2,3)27-18(26)24-15-8-10-25(12-15)17(22-4)23-9-7-13-11-14(20)5-6-16(13)21/h5-6,11,15H,7-10,12H2,1-4H3,(H,22,23)(H,24,26). The van der Waals surface area contributed by atoms with Crippen molar-refractivity contribution in [2.75, 3.05) is 26.7 Å². The third-order valence-electron chi connectivity index (χ3n) is 4.11. The Labute approximate surface area is 159 Å². The van der Waals surface area contributed by atoms with Crippen LogP contribution in [0.1, 0.15) is 32.8 Å². The van der Waals surface area contributed by atoms with Gasteiger partial charge in [-0.2, -0.15) is 0 Å². The third kappa shape index (κ3) is 6.69. The normalized spacial score (nSPS) is 17.8. The van der Waals surface area contributed by atoms with Crippen LogP contribution in [0.3, 0.4) is 0 Å². The molecule has 1 aromatic rings. The number of alkyl carbamates (subject to hydrolysis) is 1. The predicted molar refractivity (Wildman–Crippen MR) is 101 cm³/mol. The topological polar surface area (TPSA) is 66.0 Å². The molecular weight excluding hydrogens is 354 g/mol. The van der Waals surface area contributed by atoms with E-state index in [9.17, 15) is 13.6 Å². The molecule has 2 rings (SSSR count). The van der Waals surface area contributed by atoms with Crippen LogP contribution in [0.4, 0.5) is 13.6 Å². The summed E-state index contributed by atoms with van der Waals surface area (Å²) < 4.78 is 32.2. The summed E-state index contributed by atoms with van der Waals surface area (Å²) in [5, 5.41) is 6.02. The molecule has 0 saturated carbocycles. The van der Waals surface area contributed by atoms with Crippen molar-refractivity contribution in [3.8, 4) is 0 Å². The Bertz CT molecular complexity index is 689. The largest absolute Gasteiger partial charge is 0.444 e. The van der Waals surface area contributed by atoms with Crippen LogP contribution in [0, 0.1) is 11.6 Å². The fourth-order valence-electron chi connectivity index (χ4n) is 2.92. The van der Waals surface area contributed by atoms with Crippen molar-refractivity contribution in [2.24, 2.45) is 4.99 Å². The number of benzene rings is 1. The average molecular weight is 382 g/mol. The lowest BCUT2D eigenvalue weighted by molar-refractivity contribution is 0.0507. The molecule has 6 nitrogen and oxygen atoms in total. The molecule has 0 spiro atoms. The SMILES string of the molecule is CN=C(NCCc1cc(F)ccc1F)N1CCC(NC(=O)OC(C)(C)C)C1. The van der Waals surface area contributed by atoms with Gasteiger partial charge in [0.05, 0.1) is 6.04 Å². The molecule has 1 unspecified atom stereocenters. The Morgan fingerprint density at radius 2 is 2.11 bits per heavy atom. The van der Waals surface area contributed by atoms with Crippen molar-refractivity contribution in [3.05, 3.63) is 35.4 Å². The van der Waals surface area contributed by atoms with Crippen LogP contribution < -0.4 is 10.6 Å². The van der Waals surface area contributed by atoms with Crippen molar-refractivity contribution in [1.29, 1.82) is 0 Å². The van der Waals surface area contributed by atoms with Gasteiger partial charge in [-0.05, 0) is 57.4 Å². The number of nitrogens with one attached hydrogen (secondary N) is 2. The van der Waals surface area contributed by atoms with Gasteiger partial charge < -0.3 is 20.3 Å². The van der Waals surface area contributed by atoms with E-state index < -0.39 is 23.3 Å². The van der Waals surface area contributed by atoms with Gasteiger partial charge in [0, 0.05) is 26.7 Å². The molecule has 8 heteroatoms. The monoisotopic (exact) mass is 382 g/mol. The Hall–Kier alpha value is -2.38. The number of carbonyl (C=O) groups is 1. The Kier molecular flexibility index (Phi) is 6.98. The maximum absolute atomic E-state index is 13.7. The van der Waals surface area contributed by atoms with Crippen molar-refractivity contribution >= 4 is 12.1 Å². The molecule has 0 bridgehead atoms. The van der Waals surface area contributed by atoms with Gasteiger partial charge in [0.2, 0.25) is 0 Å². The van der Waals surface area contributed by atoms with Crippen molar-refractivity contribution in [1.82, 2.24) is 15.5 Å². The first kappa shape index (κ1) is 20.9. The number of carbonyl (C=O) groups excluding carboxylic acids is 1. The van der Waals surface area contributed by atoms with Crippen LogP contribution in [0.5, 0.6) is 0 Å². The number of guanidine groups is 1. The molecular formula is C19H28F2N4O2. The number of hydrogen-bond acceptors (Lipinski definition) is 3. The van der Waals surface area contributed by atoms with Gasteiger partial charge in [0.15, 0.2) is 5.96 Å². The van der Waals surface area contributed by atoms with Gasteiger partial charge >= 0.3 is 6.09 Å². The van der Waals surface area contributed by atoms with Gasteiger partial charge in [0.25, 0.3) is 0 Å². The van der Waals surface area contributed by atoms with Crippen LogP contribution >= 0.6 is 0 Å². The van der Waals surface area contributed by atoms with Crippen molar-refractivity contribution in [3.63, 3.8) is 0 Å². The highest BCUT2D eigenvalue weighted by Gasteiger charge is 2.27. The number of halogens is 2. The molecule has 0 aromatic heterocycles. The summed E-state index contributed by atoms with van der Waals surface area (Å²) in [6.45, 7) is 7.22. The molecule has 1 aliphatic heterocycles. The first-order valence-corrected chi connectivity index (χ1v) is 9.07. The molecule has 0 radical (unpaired) electrons. The summed E-state index contributed by atoms with van der Waals surface area (Å²) in [5.74, 6) is -0.206. The average Bonchev–Trinajstić information content (AvgIpc) is 3.01. The minimum atomic E-state index is -0.536. The van der Waals surface area contributed by atoms with E-state index in [1.807, 2.05) is 25.7 Å². The quantitative estimate of drug-likeness (QED) is 0.621. The first-order chi connectivity index (χ1) is 12.7. The van der Waals surface area contributed by atoms with Crippen molar-refractivity contribution in [2.45, 2.75) is 45.3 Å². The van der Waals surface area contributed by atoms with Gasteiger partial charge in [-0.25, -0.2) is 13.6 Å². The van der Waals surface area contributed by atoms with E-state index in [1.54, 1.807) is 7.05 Å². The van der Waals surface area contributed by atoms with Crippen LogP contribution in [-0.4, -0.2) is 55.3 Å². The lowest BCUT2D eigenvalue weighted by Crippen LogP contribution is -2.44. The highest BCUT2D eigenvalue weighted by molar-refractivity contribution is 5.80. The molecule has 2 N–H and O–H groups in total. The fraction of sp³-hybridized carbons (Fsp3) is 0.579. The van der Waals surface area contributed by atoms with E-state index in [0.717, 1.165) is 25.1 Å². The van der Waals surface area contributed by atoms with E-state index in [-0.39, 0.29) is 6.04 Å². The molecule has 150 valence electrons. The third-order valence-corrected chi connectivity index (χ3v) is 4.11. The fourth-order valence-corrected chi connectivity index (χ4v) is 2.92. The molecule has 27 heavy (non-hydrogen) atoms.